The standard InChI is InChI=1S/C22H31N3O3/c26-11-10-25-21(28-14-15-4-2-1-3-5-15)18(13-23-25)20(27)24-19-16-6-7-17-8-9-22(17,19)12-16/h7,13,15-16,19,26H,1-6,8-12,14H2,(H,24,27). The summed E-state index contributed by atoms with van der Waals surface area (Å²) in [5, 5.41) is 17.0. The average Bonchev–Trinajstić information content (AvgIpc) is 3.08. The van der Waals surface area contributed by atoms with Crippen LogP contribution in [0.4, 0.5) is 0 Å². The summed E-state index contributed by atoms with van der Waals surface area (Å²) in [7, 11) is 0. The minimum absolute atomic E-state index is 0.0233. The Bertz CT molecular complexity index is 780. The van der Waals surface area contributed by atoms with Crippen LogP contribution >= 0.6 is 0 Å². The summed E-state index contributed by atoms with van der Waals surface area (Å²) in [6.45, 7) is 0.945. The van der Waals surface area contributed by atoms with E-state index in [-0.39, 0.29) is 24.0 Å². The molecule has 0 aromatic carbocycles. The molecule has 3 fully saturated rings. The van der Waals surface area contributed by atoms with Gasteiger partial charge in [-0.2, -0.15) is 5.10 Å². The number of aliphatic hydroxyl groups is 1. The number of carbonyl (C=O) groups is 1. The highest BCUT2D eigenvalue weighted by molar-refractivity contribution is 5.96. The third-order valence-corrected chi connectivity index (χ3v) is 7.65. The van der Waals surface area contributed by atoms with E-state index in [0.29, 0.717) is 36.4 Å². The monoisotopic (exact) mass is 385 g/mol. The first-order valence-corrected chi connectivity index (χ1v) is 11.0. The quantitative estimate of drug-likeness (QED) is 0.707. The Morgan fingerprint density at radius 2 is 2.21 bits per heavy atom. The number of aromatic nitrogens is 2. The lowest BCUT2D eigenvalue weighted by Gasteiger charge is -2.65. The highest BCUT2D eigenvalue weighted by atomic mass is 16.5. The molecule has 4 aliphatic rings. The highest BCUT2D eigenvalue weighted by Gasteiger charge is 2.61. The minimum Gasteiger partial charge on any atom is -0.477 e. The lowest BCUT2D eigenvalue weighted by atomic mass is 9.42. The maximum atomic E-state index is 13.1. The predicted octanol–water partition coefficient (Wildman–Crippen LogP) is 3.06. The SMILES string of the molecule is O=C(NC1C2CC=C3CCC31C2)c1cnn(CCO)c1OCC1CCCCC1. The smallest absolute Gasteiger partial charge is 0.258 e. The van der Waals surface area contributed by atoms with Crippen LogP contribution in [-0.4, -0.2) is 40.0 Å². The number of ether oxygens (including phenoxy) is 1. The Morgan fingerprint density at radius 1 is 1.36 bits per heavy atom. The number of hydrogen-bond acceptors (Lipinski definition) is 4. The summed E-state index contributed by atoms with van der Waals surface area (Å²) in [5.41, 5.74) is 2.32. The van der Waals surface area contributed by atoms with Gasteiger partial charge in [0, 0.05) is 11.5 Å². The van der Waals surface area contributed by atoms with E-state index in [1.165, 1.54) is 51.4 Å². The van der Waals surface area contributed by atoms with Crippen molar-refractivity contribution < 1.29 is 14.6 Å². The van der Waals surface area contributed by atoms with Gasteiger partial charge >= 0.3 is 0 Å². The number of aliphatic hydroxyl groups excluding tert-OH is 1. The summed E-state index contributed by atoms with van der Waals surface area (Å²) >= 11 is 0. The summed E-state index contributed by atoms with van der Waals surface area (Å²) in [5.74, 6) is 1.57. The molecule has 0 radical (unpaired) electrons. The first-order chi connectivity index (χ1) is 13.7. The van der Waals surface area contributed by atoms with Crippen molar-refractivity contribution in [3.05, 3.63) is 23.4 Å². The molecule has 28 heavy (non-hydrogen) atoms. The molecule has 3 saturated carbocycles. The summed E-state index contributed by atoms with van der Waals surface area (Å²) in [4.78, 5) is 13.1. The third-order valence-electron chi connectivity index (χ3n) is 7.65. The van der Waals surface area contributed by atoms with Crippen molar-refractivity contribution in [1.29, 1.82) is 0 Å². The zero-order valence-electron chi connectivity index (χ0n) is 16.5. The van der Waals surface area contributed by atoms with E-state index in [9.17, 15) is 9.90 Å². The van der Waals surface area contributed by atoms with Crippen molar-refractivity contribution in [1.82, 2.24) is 15.1 Å². The number of amides is 1. The van der Waals surface area contributed by atoms with Gasteiger partial charge in [-0.1, -0.05) is 30.9 Å². The number of rotatable bonds is 7. The van der Waals surface area contributed by atoms with Gasteiger partial charge in [-0.05, 0) is 50.4 Å². The molecule has 0 saturated heterocycles. The third kappa shape index (κ3) is 2.88. The zero-order valence-corrected chi connectivity index (χ0v) is 16.5. The van der Waals surface area contributed by atoms with Gasteiger partial charge in [0.15, 0.2) is 0 Å². The Labute approximate surface area is 166 Å². The van der Waals surface area contributed by atoms with Gasteiger partial charge in [-0.25, -0.2) is 4.68 Å². The molecular formula is C22H31N3O3. The van der Waals surface area contributed by atoms with Gasteiger partial charge in [-0.3, -0.25) is 4.79 Å². The Kier molecular flexibility index (Phi) is 4.69. The number of nitrogens with zero attached hydrogens (tertiary/aromatic N) is 2. The van der Waals surface area contributed by atoms with E-state index in [1.54, 1.807) is 16.5 Å². The van der Waals surface area contributed by atoms with E-state index in [0.717, 1.165) is 6.42 Å². The van der Waals surface area contributed by atoms with Crippen LogP contribution in [0.15, 0.2) is 17.8 Å². The van der Waals surface area contributed by atoms with Crippen LogP contribution in [0, 0.1) is 17.3 Å². The van der Waals surface area contributed by atoms with Crippen molar-refractivity contribution in [3.63, 3.8) is 0 Å². The minimum atomic E-state index is -0.0786. The summed E-state index contributed by atoms with van der Waals surface area (Å²) in [6.07, 6.45) is 15.0. The van der Waals surface area contributed by atoms with Crippen molar-refractivity contribution >= 4 is 5.91 Å². The topological polar surface area (TPSA) is 76.4 Å². The lowest BCUT2D eigenvalue weighted by Crippen LogP contribution is -2.66. The van der Waals surface area contributed by atoms with Crippen molar-refractivity contribution in [2.24, 2.45) is 17.3 Å². The molecule has 2 N–H and O–H groups in total. The molecule has 0 aliphatic heterocycles. The fourth-order valence-corrected chi connectivity index (χ4v) is 5.96. The number of allylic oxidation sites excluding steroid dienone is 1. The normalized spacial score (nSPS) is 31.2. The molecule has 3 atom stereocenters. The summed E-state index contributed by atoms with van der Waals surface area (Å²) < 4.78 is 7.76. The van der Waals surface area contributed by atoms with Gasteiger partial charge in [-0.15, -0.1) is 0 Å². The van der Waals surface area contributed by atoms with Crippen LogP contribution in [0.25, 0.3) is 0 Å². The number of fused-ring (bicyclic) bond motifs is 1. The Balaban J connectivity index is 1.30. The number of nitrogens with one attached hydrogen (secondary N) is 1. The van der Waals surface area contributed by atoms with Crippen LogP contribution in [0.5, 0.6) is 5.88 Å². The zero-order chi connectivity index (χ0) is 19.1. The van der Waals surface area contributed by atoms with Crippen LogP contribution in [0.2, 0.25) is 0 Å². The van der Waals surface area contributed by atoms with Gasteiger partial charge in [0.05, 0.1) is 26.0 Å². The van der Waals surface area contributed by atoms with E-state index in [2.05, 4.69) is 16.5 Å². The van der Waals surface area contributed by atoms with E-state index in [4.69, 9.17) is 4.74 Å². The first-order valence-electron chi connectivity index (χ1n) is 11.0. The molecule has 1 heterocycles. The molecule has 152 valence electrons. The molecule has 1 amide bonds. The predicted molar refractivity (Wildman–Crippen MR) is 105 cm³/mol. The average molecular weight is 386 g/mol. The molecule has 1 spiro atoms. The van der Waals surface area contributed by atoms with Crippen LogP contribution in [-0.2, 0) is 6.54 Å². The molecule has 3 unspecified atom stereocenters. The second kappa shape index (κ2) is 7.21. The Morgan fingerprint density at radius 3 is 2.93 bits per heavy atom. The maximum Gasteiger partial charge on any atom is 0.258 e. The Hall–Kier alpha value is -1.82. The maximum absolute atomic E-state index is 13.1. The van der Waals surface area contributed by atoms with Crippen LogP contribution in [0.3, 0.4) is 0 Å². The second-order valence-corrected chi connectivity index (χ2v) is 9.16. The second-order valence-electron chi connectivity index (χ2n) is 9.16. The van der Waals surface area contributed by atoms with Crippen LogP contribution in [0.1, 0.15) is 68.1 Å². The molecule has 4 aliphatic carbocycles. The fourth-order valence-electron chi connectivity index (χ4n) is 5.96. The van der Waals surface area contributed by atoms with E-state index in [1.807, 2.05) is 0 Å². The van der Waals surface area contributed by atoms with Gasteiger partial charge < -0.3 is 15.2 Å². The van der Waals surface area contributed by atoms with Gasteiger partial charge in [0.2, 0.25) is 5.88 Å². The highest BCUT2D eigenvalue weighted by Crippen LogP contribution is 2.65. The van der Waals surface area contributed by atoms with E-state index >= 15 is 0 Å². The van der Waals surface area contributed by atoms with Gasteiger partial charge in [0.25, 0.3) is 5.91 Å². The lowest BCUT2D eigenvalue weighted by molar-refractivity contribution is -0.0277. The van der Waals surface area contributed by atoms with Crippen molar-refractivity contribution in [2.45, 2.75) is 70.4 Å². The molecular weight excluding hydrogens is 354 g/mol. The van der Waals surface area contributed by atoms with Crippen molar-refractivity contribution in [2.75, 3.05) is 13.2 Å². The van der Waals surface area contributed by atoms with Crippen molar-refractivity contribution in [3.8, 4) is 5.88 Å². The van der Waals surface area contributed by atoms with Gasteiger partial charge in [0.1, 0.15) is 5.56 Å². The molecule has 5 rings (SSSR count). The molecule has 2 bridgehead atoms. The fraction of sp³-hybridized carbons (Fsp3) is 0.727. The molecule has 1 aromatic heterocycles. The number of carbonyl (C=O) groups excluding carboxylic acids is 1. The number of hydrogen-bond donors (Lipinski definition) is 2. The van der Waals surface area contributed by atoms with E-state index < -0.39 is 0 Å². The largest absolute Gasteiger partial charge is 0.477 e. The molecule has 1 aromatic rings. The first kappa shape index (κ1) is 18.2. The van der Waals surface area contributed by atoms with Crippen LogP contribution < -0.4 is 10.1 Å². The molecule has 6 heteroatoms. The summed E-state index contributed by atoms with van der Waals surface area (Å²) in [6, 6.07) is 0.265. The molecule has 6 nitrogen and oxygen atoms in total.